The number of sulfonamides is 1. The van der Waals surface area contributed by atoms with Gasteiger partial charge in [-0.2, -0.15) is 8.42 Å². The van der Waals surface area contributed by atoms with Crippen LogP contribution < -0.4 is 9.54 Å². The van der Waals surface area contributed by atoms with Gasteiger partial charge in [-0.1, -0.05) is 23.5 Å². The lowest BCUT2D eigenvalue weighted by Gasteiger charge is -2.05. The van der Waals surface area contributed by atoms with Gasteiger partial charge in [-0.3, -0.25) is 0 Å². The highest BCUT2D eigenvalue weighted by Gasteiger charge is 2.16. The summed E-state index contributed by atoms with van der Waals surface area (Å²) in [6, 6.07) is 7.09. The summed E-state index contributed by atoms with van der Waals surface area (Å²) in [5, 5.41) is 1.72. The van der Waals surface area contributed by atoms with Crippen LogP contribution >= 0.6 is 22.7 Å². The van der Waals surface area contributed by atoms with E-state index in [-0.39, 0.29) is 4.21 Å². The molecule has 0 saturated heterocycles. The molecular formula is C14H14N2O3S3. The minimum atomic E-state index is -3.68. The number of methoxy groups -OCH3 is 1. The largest absolute Gasteiger partial charge is 0.495 e. The van der Waals surface area contributed by atoms with E-state index in [1.54, 1.807) is 36.2 Å². The van der Waals surface area contributed by atoms with Crippen LogP contribution in [-0.2, 0) is 17.1 Å². The smallest absolute Gasteiger partial charge is 0.294 e. The molecule has 0 unspecified atom stereocenters. The Morgan fingerprint density at radius 3 is 2.68 bits per heavy atom. The summed E-state index contributed by atoms with van der Waals surface area (Å²) in [4.78, 5) is 0.427. The van der Waals surface area contributed by atoms with E-state index in [2.05, 4.69) is 4.40 Å². The van der Waals surface area contributed by atoms with E-state index in [0.29, 0.717) is 10.6 Å². The predicted molar refractivity (Wildman–Crippen MR) is 89.2 cm³/mol. The Hall–Kier alpha value is -1.64. The van der Waals surface area contributed by atoms with E-state index >= 15 is 0 Å². The van der Waals surface area contributed by atoms with Crippen molar-refractivity contribution < 1.29 is 13.2 Å². The van der Waals surface area contributed by atoms with Crippen molar-refractivity contribution in [3.63, 3.8) is 0 Å². The Bertz CT molecular complexity index is 996. The van der Waals surface area contributed by atoms with Crippen molar-refractivity contribution in [2.75, 3.05) is 7.11 Å². The molecule has 0 aliphatic heterocycles. The molecule has 0 bridgehead atoms. The second-order valence-corrected chi connectivity index (χ2v) is 8.46. The van der Waals surface area contributed by atoms with Crippen molar-refractivity contribution >= 4 is 42.9 Å². The second-order valence-electron chi connectivity index (χ2n) is 4.70. The van der Waals surface area contributed by atoms with Gasteiger partial charge in [0.25, 0.3) is 10.0 Å². The molecule has 0 saturated carbocycles. The molecule has 0 radical (unpaired) electrons. The Morgan fingerprint density at radius 2 is 2.05 bits per heavy atom. The van der Waals surface area contributed by atoms with E-state index < -0.39 is 10.0 Å². The highest BCUT2D eigenvalue weighted by atomic mass is 32.2. The number of hydrogen-bond donors (Lipinski definition) is 0. The zero-order chi connectivity index (χ0) is 15.9. The molecule has 3 aromatic rings. The van der Waals surface area contributed by atoms with Crippen LogP contribution in [0.15, 0.2) is 38.3 Å². The van der Waals surface area contributed by atoms with Crippen LogP contribution in [0.3, 0.4) is 0 Å². The summed E-state index contributed by atoms with van der Waals surface area (Å²) < 4.78 is 37.0. The molecule has 0 spiro atoms. The Balaban J connectivity index is 2.32. The SMILES string of the molecule is COc1ccc(C)c2s/c(=N\S(=O)(=O)c3cccs3)n(C)c12. The molecule has 1 aromatic carbocycles. The highest BCUT2D eigenvalue weighted by Crippen LogP contribution is 2.30. The molecule has 0 fully saturated rings. The van der Waals surface area contributed by atoms with Gasteiger partial charge in [-0.15, -0.1) is 15.7 Å². The zero-order valence-corrected chi connectivity index (χ0v) is 14.7. The number of hydrogen-bond acceptors (Lipinski definition) is 5. The quantitative estimate of drug-likeness (QED) is 0.726. The second kappa shape index (κ2) is 5.53. The Kier molecular flexibility index (Phi) is 3.84. The van der Waals surface area contributed by atoms with Gasteiger partial charge >= 0.3 is 0 Å². The normalized spacial score (nSPS) is 13.0. The molecule has 8 heteroatoms. The first kappa shape index (κ1) is 15.3. The van der Waals surface area contributed by atoms with Crippen molar-refractivity contribution in [2.24, 2.45) is 11.4 Å². The molecular weight excluding hydrogens is 340 g/mol. The van der Waals surface area contributed by atoms with Crippen molar-refractivity contribution in [1.29, 1.82) is 0 Å². The standard InChI is InChI=1S/C14H14N2O3S3/c1-9-6-7-10(19-3)12-13(9)21-14(16(12)2)15-22(17,18)11-5-4-8-20-11/h4-8H,1-3H3/b15-14-. The van der Waals surface area contributed by atoms with Crippen molar-refractivity contribution in [3.05, 3.63) is 40.0 Å². The summed E-state index contributed by atoms with van der Waals surface area (Å²) >= 11 is 2.51. The summed E-state index contributed by atoms with van der Waals surface area (Å²) in [5.74, 6) is 0.703. The van der Waals surface area contributed by atoms with Gasteiger partial charge in [0.05, 0.1) is 11.8 Å². The third kappa shape index (κ3) is 2.47. The fourth-order valence-electron chi connectivity index (χ4n) is 2.16. The van der Waals surface area contributed by atoms with Crippen molar-refractivity contribution in [3.8, 4) is 5.75 Å². The van der Waals surface area contributed by atoms with E-state index in [1.165, 1.54) is 11.3 Å². The van der Waals surface area contributed by atoms with Crippen LogP contribution in [0.2, 0.25) is 0 Å². The van der Waals surface area contributed by atoms with Gasteiger partial charge in [0.2, 0.25) is 4.80 Å². The summed E-state index contributed by atoms with van der Waals surface area (Å²) in [5.41, 5.74) is 1.92. The maximum absolute atomic E-state index is 12.3. The van der Waals surface area contributed by atoms with Crippen LogP contribution in [0.4, 0.5) is 0 Å². The van der Waals surface area contributed by atoms with Crippen LogP contribution in [0.25, 0.3) is 10.2 Å². The molecule has 5 nitrogen and oxygen atoms in total. The third-order valence-electron chi connectivity index (χ3n) is 3.27. The monoisotopic (exact) mass is 354 g/mol. The molecule has 0 N–H and O–H groups in total. The summed E-state index contributed by atoms with van der Waals surface area (Å²) in [7, 11) is -0.287. The first-order chi connectivity index (χ1) is 10.4. The Labute approximate surface area is 136 Å². The third-order valence-corrected chi connectivity index (χ3v) is 7.30. The average molecular weight is 354 g/mol. The van der Waals surface area contributed by atoms with Crippen molar-refractivity contribution in [1.82, 2.24) is 4.57 Å². The number of nitrogens with zero attached hydrogens (tertiary/aromatic N) is 2. The number of rotatable bonds is 3. The van der Waals surface area contributed by atoms with Gasteiger partial charge in [0, 0.05) is 7.05 Å². The molecule has 2 aromatic heterocycles. The highest BCUT2D eigenvalue weighted by molar-refractivity contribution is 7.92. The van der Waals surface area contributed by atoms with Gasteiger partial charge in [0.1, 0.15) is 15.5 Å². The Morgan fingerprint density at radius 1 is 1.27 bits per heavy atom. The lowest BCUT2D eigenvalue weighted by atomic mass is 10.2. The van der Waals surface area contributed by atoms with Gasteiger partial charge in [-0.05, 0) is 30.0 Å². The number of thiazole rings is 1. The lowest BCUT2D eigenvalue weighted by Crippen LogP contribution is -2.13. The fourth-order valence-corrected chi connectivity index (χ4v) is 5.46. The van der Waals surface area contributed by atoms with Gasteiger partial charge in [0.15, 0.2) is 0 Å². The summed E-state index contributed by atoms with van der Waals surface area (Å²) in [6.07, 6.45) is 0. The van der Waals surface area contributed by atoms with Gasteiger partial charge < -0.3 is 9.30 Å². The molecule has 3 rings (SSSR count). The van der Waals surface area contributed by atoms with E-state index in [0.717, 1.165) is 27.1 Å². The van der Waals surface area contributed by atoms with E-state index in [4.69, 9.17) is 4.74 Å². The summed E-state index contributed by atoms with van der Waals surface area (Å²) in [6.45, 7) is 1.98. The minimum Gasteiger partial charge on any atom is -0.495 e. The number of thiophene rings is 1. The van der Waals surface area contributed by atoms with Crippen LogP contribution in [0.5, 0.6) is 5.75 Å². The van der Waals surface area contributed by atoms with E-state index in [1.807, 2.05) is 19.1 Å². The average Bonchev–Trinajstić information content (AvgIpc) is 3.11. The number of aromatic nitrogens is 1. The maximum Gasteiger partial charge on any atom is 0.294 e. The minimum absolute atomic E-state index is 0.244. The molecule has 2 heterocycles. The number of benzene rings is 1. The molecule has 0 amide bonds. The van der Waals surface area contributed by atoms with Gasteiger partial charge in [-0.25, -0.2) is 0 Å². The molecule has 0 aliphatic rings. The predicted octanol–water partition coefficient (Wildman–Crippen LogP) is 2.91. The van der Waals surface area contributed by atoms with Crippen molar-refractivity contribution in [2.45, 2.75) is 11.1 Å². The maximum atomic E-state index is 12.3. The lowest BCUT2D eigenvalue weighted by molar-refractivity contribution is 0.417. The van der Waals surface area contributed by atoms with Crippen LogP contribution in [0, 0.1) is 6.92 Å². The first-order valence-corrected chi connectivity index (χ1v) is 9.55. The number of aryl methyl sites for hydroxylation is 2. The molecule has 22 heavy (non-hydrogen) atoms. The first-order valence-electron chi connectivity index (χ1n) is 6.41. The van der Waals surface area contributed by atoms with E-state index in [9.17, 15) is 8.42 Å². The van der Waals surface area contributed by atoms with Crippen LogP contribution in [0.1, 0.15) is 5.56 Å². The molecule has 0 aliphatic carbocycles. The molecule has 0 atom stereocenters. The zero-order valence-electron chi connectivity index (χ0n) is 12.2. The topological polar surface area (TPSA) is 60.7 Å². The molecule has 116 valence electrons. The fraction of sp³-hybridized carbons (Fsp3) is 0.214. The number of ether oxygens (including phenoxy) is 1. The number of fused-ring (bicyclic) bond motifs is 1. The van der Waals surface area contributed by atoms with Crippen LogP contribution in [-0.4, -0.2) is 20.1 Å².